The van der Waals surface area contributed by atoms with Gasteiger partial charge in [-0.05, 0) is 36.8 Å². The highest BCUT2D eigenvalue weighted by molar-refractivity contribution is 7.92. The highest BCUT2D eigenvalue weighted by atomic mass is 32.2. The number of sulfonamides is 1. The molecule has 0 spiro atoms. The standard InChI is InChI=1S/C14H15N3O3S/c1-11-10-13(6-5-12(11)4-2-3-9-18)17-21(19,20)14-7-8-15-16-14/h5-8,10,17-18H,3,9H2,1H3,(H,15,16). The van der Waals surface area contributed by atoms with Crippen molar-refractivity contribution in [1.29, 1.82) is 0 Å². The molecular weight excluding hydrogens is 290 g/mol. The smallest absolute Gasteiger partial charge is 0.278 e. The largest absolute Gasteiger partial charge is 0.395 e. The van der Waals surface area contributed by atoms with Gasteiger partial charge in [-0.1, -0.05) is 11.8 Å². The van der Waals surface area contributed by atoms with E-state index in [-0.39, 0.29) is 11.6 Å². The van der Waals surface area contributed by atoms with Crippen molar-refractivity contribution in [2.45, 2.75) is 18.4 Å². The summed E-state index contributed by atoms with van der Waals surface area (Å²) in [7, 11) is -3.66. The summed E-state index contributed by atoms with van der Waals surface area (Å²) in [5.74, 6) is 5.76. The zero-order valence-electron chi connectivity index (χ0n) is 11.4. The maximum atomic E-state index is 12.0. The summed E-state index contributed by atoms with van der Waals surface area (Å²) in [4.78, 5) is 0. The zero-order chi connectivity index (χ0) is 15.3. The first-order valence-electron chi connectivity index (χ1n) is 6.25. The molecule has 0 atom stereocenters. The lowest BCUT2D eigenvalue weighted by Crippen LogP contribution is -2.13. The fourth-order valence-electron chi connectivity index (χ4n) is 1.68. The lowest BCUT2D eigenvalue weighted by atomic mass is 10.1. The lowest BCUT2D eigenvalue weighted by molar-refractivity contribution is 0.305. The van der Waals surface area contributed by atoms with Crippen LogP contribution in [0, 0.1) is 18.8 Å². The Balaban J connectivity index is 2.20. The van der Waals surface area contributed by atoms with Gasteiger partial charge in [0.1, 0.15) is 0 Å². The molecule has 1 heterocycles. The Kier molecular flexibility index (Phi) is 4.62. The molecule has 2 rings (SSSR count). The third kappa shape index (κ3) is 3.84. The summed E-state index contributed by atoms with van der Waals surface area (Å²) in [6.07, 6.45) is 1.79. The van der Waals surface area contributed by atoms with Gasteiger partial charge >= 0.3 is 0 Å². The molecule has 3 N–H and O–H groups in total. The van der Waals surface area contributed by atoms with Gasteiger partial charge in [0.05, 0.1) is 12.8 Å². The van der Waals surface area contributed by atoms with Crippen LogP contribution in [0.4, 0.5) is 5.69 Å². The van der Waals surface area contributed by atoms with Crippen molar-refractivity contribution in [3.63, 3.8) is 0 Å². The van der Waals surface area contributed by atoms with E-state index < -0.39 is 10.0 Å². The van der Waals surface area contributed by atoms with Crippen LogP contribution >= 0.6 is 0 Å². The van der Waals surface area contributed by atoms with Gasteiger partial charge in [-0.2, -0.15) is 13.5 Å². The minimum absolute atomic E-state index is 0.00645. The number of nitrogens with zero attached hydrogens (tertiary/aromatic N) is 1. The van der Waals surface area contributed by atoms with E-state index in [0.29, 0.717) is 12.1 Å². The fourth-order valence-corrected chi connectivity index (χ4v) is 2.64. The topological polar surface area (TPSA) is 95.1 Å². The molecule has 0 amide bonds. The second-order valence-corrected chi connectivity index (χ2v) is 5.98. The minimum Gasteiger partial charge on any atom is -0.395 e. The average Bonchev–Trinajstić information content (AvgIpc) is 2.96. The molecule has 0 aliphatic heterocycles. The predicted octanol–water partition coefficient (Wildman–Crippen LogP) is 1.25. The van der Waals surface area contributed by atoms with Crippen molar-refractivity contribution in [1.82, 2.24) is 10.2 Å². The van der Waals surface area contributed by atoms with Crippen molar-refractivity contribution in [2.75, 3.05) is 11.3 Å². The minimum atomic E-state index is -3.66. The Morgan fingerprint density at radius 2 is 2.19 bits per heavy atom. The number of aliphatic hydroxyl groups excluding tert-OH is 1. The van der Waals surface area contributed by atoms with Crippen molar-refractivity contribution in [3.05, 3.63) is 41.6 Å². The molecule has 0 saturated heterocycles. The molecule has 7 heteroatoms. The zero-order valence-corrected chi connectivity index (χ0v) is 12.2. The normalized spacial score (nSPS) is 10.8. The molecule has 0 fully saturated rings. The molecule has 0 bridgehead atoms. The van der Waals surface area contributed by atoms with Crippen molar-refractivity contribution in [3.8, 4) is 11.8 Å². The molecule has 21 heavy (non-hydrogen) atoms. The molecule has 110 valence electrons. The molecule has 1 aromatic carbocycles. The van der Waals surface area contributed by atoms with Gasteiger partial charge in [-0.25, -0.2) is 0 Å². The molecule has 0 radical (unpaired) electrons. The summed E-state index contributed by atoms with van der Waals surface area (Å²) < 4.78 is 26.5. The number of aromatic amines is 1. The van der Waals surface area contributed by atoms with E-state index in [1.807, 2.05) is 6.92 Å². The Morgan fingerprint density at radius 3 is 2.81 bits per heavy atom. The predicted molar refractivity (Wildman–Crippen MR) is 79.2 cm³/mol. The first-order valence-corrected chi connectivity index (χ1v) is 7.74. The van der Waals surface area contributed by atoms with E-state index in [2.05, 4.69) is 26.8 Å². The van der Waals surface area contributed by atoms with E-state index in [0.717, 1.165) is 11.1 Å². The number of H-pyrrole nitrogens is 1. The third-order valence-corrected chi connectivity index (χ3v) is 4.01. The maximum Gasteiger partial charge on any atom is 0.278 e. The van der Waals surface area contributed by atoms with Gasteiger partial charge < -0.3 is 5.11 Å². The van der Waals surface area contributed by atoms with Crippen LogP contribution in [0.3, 0.4) is 0 Å². The molecule has 1 aromatic heterocycles. The maximum absolute atomic E-state index is 12.0. The Bertz CT molecular complexity index is 772. The molecule has 0 unspecified atom stereocenters. The third-order valence-electron chi connectivity index (χ3n) is 2.70. The molecule has 6 nitrogen and oxygen atoms in total. The van der Waals surface area contributed by atoms with Crippen LogP contribution in [0.1, 0.15) is 17.5 Å². The van der Waals surface area contributed by atoms with Gasteiger partial charge in [0.2, 0.25) is 0 Å². The van der Waals surface area contributed by atoms with E-state index in [4.69, 9.17) is 5.11 Å². The number of aromatic nitrogens is 2. The number of anilines is 1. The number of nitrogens with one attached hydrogen (secondary N) is 2. The number of hydrogen-bond donors (Lipinski definition) is 3. The van der Waals surface area contributed by atoms with Gasteiger partial charge in [0.25, 0.3) is 10.0 Å². The number of hydrogen-bond acceptors (Lipinski definition) is 4. The van der Waals surface area contributed by atoms with E-state index >= 15 is 0 Å². The van der Waals surface area contributed by atoms with Crippen LogP contribution in [0.25, 0.3) is 0 Å². The summed E-state index contributed by atoms with van der Waals surface area (Å²) >= 11 is 0. The van der Waals surface area contributed by atoms with E-state index in [1.165, 1.54) is 12.3 Å². The Morgan fingerprint density at radius 1 is 1.38 bits per heavy atom. The average molecular weight is 305 g/mol. The van der Waals surface area contributed by atoms with Crippen LogP contribution in [-0.4, -0.2) is 30.3 Å². The molecular formula is C14H15N3O3S. The van der Waals surface area contributed by atoms with Gasteiger partial charge in [-0.3, -0.25) is 9.82 Å². The molecule has 0 aliphatic carbocycles. The van der Waals surface area contributed by atoms with E-state index in [9.17, 15) is 8.42 Å². The second-order valence-electron chi connectivity index (χ2n) is 4.33. The van der Waals surface area contributed by atoms with Crippen molar-refractivity contribution in [2.24, 2.45) is 0 Å². The summed E-state index contributed by atoms with van der Waals surface area (Å²) in [5.41, 5.74) is 2.10. The lowest BCUT2D eigenvalue weighted by Gasteiger charge is -2.08. The van der Waals surface area contributed by atoms with Gasteiger partial charge in [0.15, 0.2) is 5.03 Å². The van der Waals surface area contributed by atoms with Gasteiger partial charge in [-0.15, -0.1) is 0 Å². The Labute approximate surface area is 123 Å². The molecule has 0 aliphatic rings. The first kappa shape index (κ1) is 15.1. The molecule has 0 saturated carbocycles. The quantitative estimate of drug-likeness (QED) is 0.741. The number of aryl methyl sites for hydroxylation is 1. The van der Waals surface area contributed by atoms with Crippen LogP contribution in [-0.2, 0) is 10.0 Å². The highest BCUT2D eigenvalue weighted by Gasteiger charge is 2.15. The number of aliphatic hydroxyl groups is 1. The summed E-state index contributed by atoms with van der Waals surface area (Å²) in [5, 5.41) is 14.7. The highest BCUT2D eigenvalue weighted by Crippen LogP contribution is 2.18. The van der Waals surface area contributed by atoms with Crippen LogP contribution in [0.2, 0.25) is 0 Å². The van der Waals surface area contributed by atoms with Crippen LogP contribution in [0.15, 0.2) is 35.5 Å². The summed E-state index contributed by atoms with van der Waals surface area (Å²) in [6, 6.07) is 6.47. The van der Waals surface area contributed by atoms with E-state index in [1.54, 1.807) is 18.2 Å². The monoisotopic (exact) mass is 305 g/mol. The Hall–Kier alpha value is -2.30. The number of rotatable bonds is 4. The van der Waals surface area contributed by atoms with Crippen molar-refractivity contribution >= 4 is 15.7 Å². The fraction of sp³-hybridized carbons (Fsp3) is 0.214. The number of benzene rings is 1. The van der Waals surface area contributed by atoms with Crippen molar-refractivity contribution < 1.29 is 13.5 Å². The van der Waals surface area contributed by atoms with Crippen LogP contribution in [0.5, 0.6) is 0 Å². The van der Waals surface area contributed by atoms with Crippen LogP contribution < -0.4 is 4.72 Å². The second kappa shape index (κ2) is 6.43. The molecule has 2 aromatic rings. The first-order chi connectivity index (χ1) is 10.0. The SMILES string of the molecule is Cc1cc(NS(=O)(=O)c2ccn[nH]2)ccc1C#CCCO. The summed E-state index contributed by atoms with van der Waals surface area (Å²) in [6.45, 7) is 1.87. The van der Waals surface area contributed by atoms with Gasteiger partial charge in [0, 0.05) is 17.7 Å².